The van der Waals surface area contributed by atoms with Gasteiger partial charge < -0.3 is 10.8 Å². The molecule has 0 aromatic carbocycles. The average molecular weight is 213 g/mol. The molecule has 14 heavy (non-hydrogen) atoms. The second-order valence-electron chi connectivity index (χ2n) is 3.08. The fraction of sp³-hybridized carbons (Fsp3) is 0.900. The maximum absolute atomic E-state index is 9.00. The molecule has 0 unspecified atom stereocenters. The van der Waals surface area contributed by atoms with E-state index in [2.05, 4.69) is 13.8 Å². The molecule has 0 saturated heterocycles. The number of rotatable bonds is 4. The van der Waals surface area contributed by atoms with E-state index in [0.717, 1.165) is 13.5 Å². The Bertz CT molecular complexity index is 92.1. The van der Waals surface area contributed by atoms with Gasteiger partial charge in [-0.05, 0) is 13.0 Å². The zero-order valence-corrected chi connectivity index (χ0v) is 12.2. The summed E-state index contributed by atoms with van der Waals surface area (Å²) >= 11 is 1.37. The van der Waals surface area contributed by atoms with Crippen LogP contribution in [0.1, 0.15) is 46.5 Å². The molecule has 3 N–H and O–H groups in total. The van der Waals surface area contributed by atoms with Gasteiger partial charge in [-0.2, -0.15) is 0 Å². The van der Waals surface area contributed by atoms with Crippen molar-refractivity contribution in [3.63, 3.8) is 0 Å². The van der Waals surface area contributed by atoms with Gasteiger partial charge in [0.05, 0.1) is 0 Å². The first kappa shape index (κ1) is 19.9. The van der Waals surface area contributed by atoms with Crippen molar-refractivity contribution in [1.82, 2.24) is 0 Å². The summed E-state index contributed by atoms with van der Waals surface area (Å²) in [6.07, 6.45) is 5.16. The van der Waals surface area contributed by atoms with Crippen LogP contribution in [0, 0.1) is 0 Å². The second kappa shape index (κ2) is 23.3. The van der Waals surface area contributed by atoms with Gasteiger partial charge in [0.15, 0.2) is 0 Å². The van der Waals surface area contributed by atoms with Crippen molar-refractivity contribution >= 4 is 33.9 Å². The summed E-state index contributed by atoms with van der Waals surface area (Å²) in [5, 5.41) is 7.42. The average Bonchev–Trinajstić information content (AvgIpc) is 2.06. The van der Waals surface area contributed by atoms with E-state index in [1.165, 1.54) is 57.3 Å². The standard InChI is InChI=1S/C6H15N.C2H4O2.C2H5.Na/c1-2-3-4-5-6-7;1-2(3)4;1-2;/h2-7H2,1H3;1H3,(H,3,4);1H2,2H3;. The Balaban J connectivity index is -0.000000147. The molecule has 0 heterocycles. The Hall–Kier alpha value is 0.430. The van der Waals surface area contributed by atoms with E-state index in [-0.39, 0.29) is 0 Å². The summed E-state index contributed by atoms with van der Waals surface area (Å²) in [7, 11) is 0. The molecular weight excluding hydrogens is 189 g/mol. The predicted octanol–water partition coefficient (Wildman–Crippen LogP) is 2.21. The molecule has 0 aliphatic rings. The second-order valence-corrected chi connectivity index (χ2v) is 4.49. The van der Waals surface area contributed by atoms with Gasteiger partial charge in [-0.15, -0.1) is 0 Å². The summed E-state index contributed by atoms with van der Waals surface area (Å²) in [5.41, 5.74) is 5.27. The Morgan fingerprint density at radius 3 is 1.86 bits per heavy atom. The van der Waals surface area contributed by atoms with E-state index < -0.39 is 5.97 Å². The van der Waals surface area contributed by atoms with Crippen LogP contribution in [0.15, 0.2) is 0 Å². The Kier molecular flexibility index (Phi) is 33.2. The van der Waals surface area contributed by atoms with Crippen LogP contribution < -0.4 is 5.73 Å². The van der Waals surface area contributed by atoms with E-state index in [9.17, 15) is 0 Å². The summed E-state index contributed by atoms with van der Waals surface area (Å²) in [4.78, 5) is 9.00. The van der Waals surface area contributed by atoms with Crippen LogP contribution in [0.25, 0.3) is 0 Å². The quantitative estimate of drug-likeness (QED) is 0.556. The molecule has 0 rings (SSSR count). The molecule has 0 spiro atoms. The summed E-state index contributed by atoms with van der Waals surface area (Å²) < 4.78 is 1.39. The van der Waals surface area contributed by atoms with Crippen molar-refractivity contribution < 1.29 is 9.90 Å². The fourth-order valence-corrected chi connectivity index (χ4v) is 0.571. The number of hydrogen-bond donors (Lipinski definition) is 2. The molecule has 0 amide bonds. The van der Waals surface area contributed by atoms with Gasteiger partial charge in [0.2, 0.25) is 0 Å². The monoisotopic (exact) mass is 213 g/mol. The minimum absolute atomic E-state index is 0.833. The van der Waals surface area contributed by atoms with E-state index in [1.54, 1.807) is 0 Å². The zero-order chi connectivity index (χ0) is 11.8. The van der Waals surface area contributed by atoms with Crippen LogP contribution in [0.2, 0.25) is 3.67 Å². The molecule has 0 atom stereocenters. The molecule has 0 fully saturated rings. The topological polar surface area (TPSA) is 63.3 Å². The fourth-order valence-electron chi connectivity index (χ4n) is 0.571. The van der Waals surface area contributed by atoms with Crippen LogP contribution in [0.5, 0.6) is 0 Å². The number of aliphatic carboxylic acids is 1. The third-order valence-electron chi connectivity index (χ3n) is 1.06. The van der Waals surface area contributed by atoms with Gasteiger partial charge in [-0.25, -0.2) is 0 Å². The van der Waals surface area contributed by atoms with E-state index in [4.69, 9.17) is 15.6 Å². The predicted molar refractivity (Wildman–Crippen MR) is 62.7 cm³/mol. The van der Waals surface area contributed by atoms with E-state index in [1.807, 2.05) is 0 Å². The number of nitrogens with two attached hydrogens (primary N) is 1. The Morgan fingerprint density at radius 2 is 1.64 bits per heavy atom. The van der Waals surface area contributed by atoms with Crippen molar-refractivity contribution in [2.75, 3.05) is 6.54 Å². The van der Waals surface area contributed by atoms with Gasteiger partial charge in [0.1, 0.15) is 0 Å². The van der Waals surface area contributed by atoms with Crippen molar-refractivity contribution in [2.45, 2.75) is 50.1 Å². The van der Waals surface area contributed by atoms with Gasteiger partial charge in [-0.3, -0.25) is 4.79 Å². The summed E-state index contributed by atoms with van der Waals surface area (Å²) in [5.74, 6) is -0.833. The van der Waals surface area contributed by atoms with Crippen LogP contribution >= 0.6 is 0 Å². The van der Waals surface area contributed by atoms with Crippen molar-refractivity contribution in [2.24, 2.45) is 5.73 Å². The van der Waals surface area contributed by atoms with Gasteiger partial charge in [0.25, 0.3) is 5.97 Å². The first-order valence-electron chi connectivity index (χ1n) is 5.46. The van der Waals surface area contributed by atoms with Gasteiger partial charge in [-0.1, -0.05) is 26.2 Å². The third-order valence-corrected chi connectivity index (χ3v) is 1.06. The molecule has 0 bridgehead atoms. The molecule has 0 radical (unpaired) electrons. The molecule has 82 valence electrons. The summed E-state index contributed by atoms with van der Waals surface area (Å²) in [6, 6.07) is 0. The minimum atomic E-state index is -0.833. The Morgan fingerprint density at radius 1 is 1.29 bits per heavy atom. The molecule has 3 nitrogen and oxygen atoms in total. The number of carboxylic acid groups (broad SMARTS) is 1. The molecule has 0 aromatic heterocycles. The molecule has 0 aliphatic carbocycles. The first-order valence-corrected chi connectivity index (χ1v) is 6.87. The van der Waals surface area contributed by atoms with Crippen molar-refractivity contribution in [3.8, 4) is 0 Å². The van der Waals surface area contributed by atoms with Crippen molar-refractivity contribution in [1.29, 1.82) is 0 Å². The maximum atomic E-state index is 9.00. The van der Waals surface area contributed by atoms with E-state index >= 15 is 0 Å². The van der Waals surface area contributed by atoms with E-state index in [0.29, 0.717) is 0 Å². The molecule has 0 aromatic rings. The van der Waals surface area contributed by atoms with Crippen LogP contribution in [0.4, 0.5) is 0 Å². The third kappa shape index (κ3) is 82.7. The van der Waals surface area contributed by atoms with Crippen LogP contribution in [-0.2, 0) is 4.79 Å². The SMILES string of the molecule is CC(=O)O.CCCCCCN.C[CH2][Na]. The first-order chi connectivity index (χ1) is 6.56. The molecule has 0 aliphatic heterocycles. The zero-order valence-electron chi connectivity index (χ0n) is 10.2. The van der Waals surface area contributed by atoms with Crippen LogP contribution in [-0.4, -0.2) is 45.6 Å². The molecular formula is C10H24NNaO2. The summed E-state index contributed by atoms with van der Waals surface area (Å²) in [6.45, 7) is 6.34. The number of carbonyl (C=O) groups is 1. The number of carboxylic acids is 1. The van der Waals surface area contributed by atoms with Crippen molar-refractivity contribution in [3.05, 3.63) is 0 Å². The van der Waals surface area contributed by atoms with Crippen LogP contribution in [0.3, 0.4) is 0 Å². The molecule has 0 saturated carbocycles. The number of unbranched alkanes of at least 4 members (excludes halogenated alkanes) is 3. The van der Waals surface area contributed by atoms with Gasteiger partial charge >= 0.3 is 38.5 Å². The Labute approximate surface area is 106 Å². The normalized spacial score (nSPS) is 7.86. The number of hydrogen-bond acceptors (Lipinski definition) is 2. The molecule has 4 heteroatoms. The van der Waals surface area contributed by atoms with Gasteiger partial charge in [0, 0.05) is 6.92 Å².